The maximum atomic E-state index is 17.3. The van der Waals surface area contributed by atoms with Gasteiger partial charge in [-0.05, 0) is 126 Å². The number of anilines is 1. The van der Waals surface area contributed by atoms with Crippen LogP contribution in [0.5, 0.6) is 11.8 Å². The molecule has 4 saturated heterocycles. The van der Waals surface area contributed by atoms with Gasteiger partial charge in [0, 0.05) is 55.2 Å². The molecule has 4 fully saturated rings. The van der Waals surface area contributed by atoms with Crippen LogP contribution in [0.4, 0.5) is 19.0 Å². The second kappa shape index (κ2) is 23.3. The fraction of sp³-hybridized carbons (Fsp3) is 0.500. The molecule has 1 N–H and O–H groups in total. The zero-order valence-corrected chi connectivity index (χ0v) is 43.0. The average molecular weight is 1060 g/mol. The number of hydrogen-bond donors (Lipinski definition) is 1. The standard InChI is InChI=1S/C54H60Cl2F3N9O6/c1-32(55)52(71)67-24-23-66(29-35(67)15-18-60)50-39-28-41(56)46(48(59)49(39)62-54(63-50)74-31-36-10-9-19-64(36)2)47-42(58)11-8-12-44(47)73-25-7-5-3-4-6-20-65-21-16-33(17-22-65)37-26-34(57)27-38-40(37)30-68(53(38)72)43-13-14-45(69)61-51(43)70/h8,11-12,26-28,33,35-36,43H,1,3-7,9-10,13-17,19-25,29-31H2,2H3,(H,61,69,70)/t35-,36+,43?/m1/s1. The van der Waals surface area contributed by atoms with Crippen molar-refractivity contribution >= 4 is 63.6 Å². The molecule has 15 nitrogen and oxygen atoms in total. The number of nitrogens with one attached hydrogen (secondary N) is 1. The number of carbonyl (C=O) groups excluding carboxylic acids is 4. The lowest BCUT2D eigenvalue weighted by Gasteiger charge is -2.41. The Bertz CT molecular complexity index is 2880. The van der Waals surface area contributed by atoms with E-state index in [4.69, 9.17) is 37.7 Å². The summed E-state index contributed by atoms with van der Waals surface area (Å²) < 4.78 is 60.5. The summed E-state index contributed by atoms with van der Waals surface area (Å²) in [6.07, 6.45) is 8.40. The molecule has 20 heteroatoms. The molecule has 5 aliphatic rings. The third-order valence-electron chi connectivity index (χ3n) is 15.3. The first-order valence-electron chi connectivity index (χ1n) is 25.6. The Labute approximate surface area is 438 Å². The van der Waals surface area contributed by atoms with E-state index in [1.165, 1.54) is 40.1 Å². The third kappa shape index (κ3) is 11.3. The van der Waals surface area contributed by atoms with Crippen molar-refractivity contribution in [3.63, 3.8) is 0 Å². The number of ether oxygens (including phenoxy) is 2. The second-order valence-corrected chi connectivity index (χ2v) is 20.9. The summed E-state index contributed by atoms with van der Waals surface area (Å²) in [5, 5.41) is 12.0. The fourth-order valence-electron chi connectivity index (χ4n) is 11.3. The lowest BCUT2D eigenvalue weighted by atomic mass is 9.85. The van der Waals surface area contributed by atoms with Crippen molar-refractivity contribution in [2.24, 2.45) is 0 Å². The van der Waals surface area contributed by atoms with Crippen molar-refractivity contribution < 1.29 is 41.8 Å². The Kier molecular flexibility index (Phi) is 16.6. The van der Waals surface area contributed by atoms with Crippen molar-refractivity contribution in [3.8, 4) is 29.0 Å². The van der Waals surface area contributed by atoms with Crippen LogP contribution in [0, 0.1) is 28.8 Å². The van der Waals surface area contributed by atoms with Gasteiger partial charge in [0.15, 0.2) is 5.82 Å². The van der Waals surface area contributed by atoms with Gasteiger partial charge in [-0.25, -0.2) is 13.2 Å². The number of hydrogen-bond acceptors (Lipinski definition) is 12. The van der Waals surface area contributed by atoms with Crippen molar-refractivity contribution in [1.29, 1.82) is 5.26 Å². The number of aromatic nitrogens is 2. The monoisotopic (exact) mass is 1060 g/mol. The van der Waals surface area contributed by atoms with Gasteiger partial charge in [-0.1, -0.05) is 55.1 Å². The number of halogens is 5. The molecule has 3 aromatic carbocycles. The van der Waals surface area contributed by atoms with E-state index >= 15 is 8.78 Å². The maximum absolute atomic E-state index is 17.3. The number of likely N-dealkylation sites (tertiary alicyclic amines) is 2. The van der Waals surface area contributed by atoms with Crippen LogP contribution in [-0.2, 0) is 20.9 Å². The summed E-state index contributed by atoms with van der Waals surface area (Å²) in [5.41, 5.74) is 1.42. The predicted molar refractivity (Wildman–Crippen MR) is 273 cm³/mol. The summed E-state index contributed by atoms with van der Waals surface area (Å²) in [6, 6.07) is 9.45. The zero-order valence-electron chi connectivity index (χ0n) is 41.5. The largest absolute Gasteiger partial charge is 0.493 e. The number of piperazine rings is 1. The summed E-state index contributed by atoms with van der Waals surface area (Å²) in [6.45, 7) is 8.42. The minimum absolute atomic E-state index is 0.00318. The Morgan fingerprint density at radius 1 is 0.932 bits per heavy atom. The molecule has 9 rings (SSSR count). The topological polar surface area (TPSA) is 165 Å². The smallest absolute Gasteiger partial charge is 0.319 e. The van der Waals surface area contributed by atoms with Gasteiger partial charge in [0.05, 0.1) is 40.8 Å². The van der Waals surface area contributed by atoms with Crippen LogP contribution in [0.3, 0.4) is 0 Å². The molecule has 4 aromatic rings. The summed E-state index contributed by atoms with van der Waals surface area (Å²) in [4.78, 5) is 69.3. The minimum atomic E-state index is -0.883. The quantitative estimate of drug-likeness (QED) is 0.0575. The van der Waals surface area contributed by atoms with Crippen molar-refractivity contribution in [2.45, 2.75) is 108 Å². The molecule has 0 radical (unpaired) electrons. The van der Waals surface area contributed by atoms with E-state index in [1.807, 2.05) is 11.9 Å². The molecule has 0 saturated carbocycles. The SMILES string of the molecule is C=C(Cl)C(=O)N1CCN(c2nc(OC[C@@H]3CCCN3C)nc3c(F)c(-c4c(F)cccc4OCCCCCCCN4CCC(c5cc(F)cc6c5CN(C5CCC(=O)NC5=O)C6=O)CC4)c(Cl)cc23)C[C@H]1CC#N. The lowest BCUT2D eigenvalue weighted by Crippen LogP contribution is -2.55. The first-order valence-corrected chi connectivity index (χ1v) is 26.4. The molecular weight excluding hydrogens is 999 g/mol. The number of likely N-dealkylation sites (N-methyl/N-ethyl adjacent to an activating group) is 1. The van der Waals surface area contributed by atoms with E-state index in [-0.39, 0.29) is 132 Å². The van der Waals surface area contributed by atoms with E-state index in [1.54, 1.807) is 6.07 Å². The molecule has 74 heavy (non-hydrogen) atoms. The Morgan fingerprint density at radius 3 is 2.46 bits per heavy atom. The van der Waals surface area contributed by atoms with Crippen molar-refractivity contribution in [2.75, 3.05) is 71.0 Å². The number of unbranched alkanes of at least 4 members (excludes halogenated alkanes) is 4. The van der Waals surface area contributed by atoms with Crippen LogP contribution in [-0.4, -0.2) is 137 Å². The van der Waals surface area contributed by atoms with Gasteiger partial charge in [-0.2, -0.15) is 15.2 Å². The molecule has 392 valence electrons. The number of carbonyl (C=O) groups is 4. The van der Waals surface area contributed by atoms with E-state index < -0.39 is 41.3 Å². The van der Waals surface area contributed by atoms with Gasteiger partial charge in [0.1, 0.15) is 41.4 Å². The van der Waals surface area contributed by atoms with Gasteiger partial charge >= 0.3 is 6.01 Å². The number of nitrogens with zero attached hydrogens (tertiary/aromatic N) is 8. The summed E-state index contributed by atoms with van der Waals surface area (Å²) >= 11 is 12.9. The first kappa shape index (κ1) is 52.8. The van der Waals surface area contributed by atoms with Crippen molar-refractivity contribution in [3.05, 3.63) is 87.2 Å². The highest BCUT2D eigenvalue weighted by atomic mass is 35.5. The molecule has 0 bridgehead atoms. The summed E-state index contributed by atoms with van der Waals surface area (Å²) in [7, 11) is 2.01. The highest BCUT2D eigenvalue weighted by Crippen LogP contribution is 2.44. The number of benzene rings is 3. The van der Waals surface area contributed by atoms with Crippen molar-refractivity contribution in [1.82, 2.24) is 34.9 Å². The maximum Gasteiger partial charge on any atom is 0.319 e. The number of nitriles is 1. The molecular formula is C54H60Cl2F3N9O6. The van der Waals surface area contributed by atoms with Crippen LogP contribution in [0.2, 0.25) is 5.02 Å². The Hall–Kier alpha value is -6.00. The van der Waals surface area contributed by atoms with Gasteiger partial charge in [-0.15, -0.1) is 0 Å². The number of rotatable bonds is 18. The van der Waals surface area contributed by atoms with Crippen LogP contribution in [0.1, 0.15) is 104 Å². The zero-order chi connectivity index (χ0) is 52.2. The third-order valence-corrected chi connectivity index (χ3v) is 15.8. The molecule has 0 aliphatic carbocycles. The number of piperidine rings is 2. The molecule has 1 aromatic heterocycles. The fourth-order valence-corrected chi connectivity index (χ4v) is 11.7. The average Bonchev–Trinajstić information content (AvgIpc) is 3.95. The highest BCUT2D eigenvalue weighted by molar-refractivity contribution is 6.41. The van der Waals surface area contributed by atoms with Gasteiger partial charge in [0.25, 0.3) is 11.8 Å². The highest BCUT2D eigenvalue weighted by Gasteiger charge is 2.41. The molecule has 4 amide bonds. The van der Waals surface area contributed by atoms with Gasteiger partial charge in [0.2, 0.25) is 11.8 Å². The molecule has 0 spiro atoms. The Morgan fingerprint density at radius 2 is 1.72 bits per heavy atom. The predicted octanol–water partition coefficient (Wildman–Crippen LogP) is 8.49. The van der Waals surface area contributed by atoms with E-state index in [2.05, 4.69) is 32.7 Å². The van der Waals surface area contributed by atoms with Crippen LogP contribution in [0.25, 0.3) is 22.0 Å². The lowest BCUT2D eigenvalue weighted by molar-refractivity contribution is -0.137. The number of amides is 4. The molecule has 1 unspecified atom stereocenters. The molecule has 3 atom stereocenters. The first-order chi connectivity index (χ1) is 35.7. The van der Waals surface area contributed by atoms with E-state index in [0.717, 1.165) is 88.7 Å². The van der Waals surface area contributed by atoms with Crippen LogP contribution >= 0.6 is 23.2 Å². The second-order valence-electron chi connectivity index (χ2n) is 20.0. The van der Waals surface area contributed by atoms with Gasteiger partial charge in [-0.3, -0.25) is 24.5 Å². The normalized spacial score (nSPS) is 20.8. The summed E-state index contributed by atoms with van der Waals surface area (Å²) in [5.74, 6) is -3.28. The van der Waals surface area contributed by atoms with E-state index in [0.29, 0.717) is 12.0 Å². The number of imide groups is 1. The minimum Gasteiger partial charge on any atom is -0.493 e. The molecule has 6 heterocycles. The number of fused-ring (bicyclic) bond motifs is 2. The van der Waals surface area contributed by atoms with Gasteiger partial charge < -0.3 is 34.0 Å². The van der Waals surface area contributed by atoms with Crippen LogP contribution < -0.4 is 19.7 Å². The van der Waals surface area contributed by atoms with Crippen LogP contribution in [0.15, 0.2) is 48.0 Å². The Balaban J connectivity index is 0.807. The van der Waals surface area contributed by atoms with E-state index in [9.17, 15) is 28.8 Å². The molecule has 5 aliphatic heterocycles.